The van der Waals surface area contributed by atoms with Crippen molar-refractivity contribution in [1.29, 1.82) is 0 Å². The molecule has 124 valence electrons. The first-order valence-corrected chi connectivity index (χ1v) is 8.08. The third-order valence-electron chi connectivity index (χ3n) is 2.87. The second-order valence-corrected chi connectivity index (χ2v) is 7.26. The fourth-order valence-corrected chi connectivity index (χ4v) is 2.28. The van der Waals surface area contributed by atoms with E-state index in [1.807, 2.05) is 27.7 Å². The third kappa shape index (κ3) is 11.3. The van der Waals surface area contributed by atoms with Gasteiger partial charge in [-0.2, -0.15) is 0 Å². The fraction of sp³-hybridized carbons (Fsp3) is 0.867. The number of urea groups is 1. The Morgan fingerprint density at radius 1 is 1.00 bits per heavy atom. The first-order chi connectivity index (χ1) is 9.51. The van der Waals surface area contributed by atoms with Crippen LogP contribution < -0.4 is 21.3 Å². The molecule has 21 heavy (non-hydrogen) atoms. The van der Waals surface area contributed by atoms with Crippen LogP contribution in [0.4, 0.5) is 4.79 Å². The highest BCUT2D eigenvalue weighted by molar-refractivity contribution is 7.80. The Kier molecular flexibility index (Phi) is 8.63. The highest BCUT2D eigenvalue weighted by Crippen LogP contribution is 2.13. The van der Waals surface area contributed by atoms with E-state index in [2.05, 4.69) is 42.0 Å². The predicted octanol–water partition coefficient (Wildman–Crippen LogP) is 2.51. The molecule has 0 rings (SSSR count). The number of carbonyl (C=O) groups excluding carboxylic acids is 1. The van der Waals surface area contributed by atoms with Crippen LogP contribution in [0.15, 0.2) is 0 Å². The first-order valence-electron chi connectivity index (χ1n) is 7.67. The number of nitrogens with one attached hydrogen (secondary N) is 4. The van der Waals surface area contributed by atoms with Gasteiger partial charge in [0.05, 0.1) is 0 Å². The van der Waals surface area contributed by atoms with E-state index in [4.69, 9.17) is 12.2 Å². The van der Waals surface area contributed by atoms with E-state index in [0.29, 0.717) is 11.2 Å². The van der Waals surface area contributed by atoms with E-state index in [1.54, 1.807) is 0 Å². The Hall–Kier alpha value is -1.04. The summed E-state index contributed by atoms with van der Waals surface area (Å²) in [5.41, 5.74) is -0.248. The summed E-state index contributed by atoms with van der Waals surface area (Å²) in [6, 6.07) is 0.613. The number of thiocarbonyl (C=S) groups is 1. The van der Waals surface area contributed by atoms with Crippen molar-refractivity contribution in [1.82, 2.24) is 21.3 Å². The van der Waals surface area contributed by atoms with Crippen molar-refractivity contribution in [2.45, 2.75) is 85.0 Å². The Labute approximate surface area is 135 Å². The molecule has 1 unspecified atom stereocenters. The number of carbonyl (C=O) groups is 1. The van der Waals surface area contributed by atoms with Crippen LogP contribution in [0.25, 0.3) is 0 Å². The number of rotatable bonds is 7. The number of hydrogen-bond donors (Lipinski definition) is 4. The summed E-state index contributed by atoms with van der Waals surface area (Å²) in [6.07, 6.45) is 1.80. The summed E-state index contributed by atoms with van der Waals surface area (Å²) in [4.78, 5) is 11.7. The summed E-state index contributed by atoms with van der Waals surface area (Å²) in [7, 11) is 0. The van der Waals surface area contributed by atoms with Gasteiger partial charge in [0.1, 0.15) is 0 Å². The standard InChI is InChI=1S/C15H32N4OS/c1-10(2)16-13(20)19-15(6,7)9-8-12(5)18-14(21)17-11(3)4/h10-12H,8-9H2,1-7H3,(H2,16,19,20)(H2,17,18,21). The molecule has 6 heteroatoms. The van der Waals surface area contributed by atoms with Gasteiger partial charge in [0.2, 0.25) is 0 Å². The molecule has 0 aromatic heterocycles. The van der Waals surface area contributed by atoms with Crippen molar-refractivity contribution in [2.24, 2.45) is 0 Å². The Bertz CT molecular complexity index is 343. The van der Waals surface area contributed by atoms with Gasteiger partial charge < -0.3 is 21.3 Å². The molecule has 5 nitrogen and oxygen atoms in total. The summed E-state index contributed by atoms with van der Waals surface area (Å²) in [5, 5.41) is 13.0. The maximum atomic E-state index is 11.7. The van der Waals surface area contributed by atoms with Crippen molar-refractivity contribution < 1.29 is 4.79 Å². The monoisotopic (exact) mass is 316 g/mol. The molecule has 0 radical (unpaired) electrons. The second kappa shape index (κ2) is 9.07. The average Bonchev–Trinajstić information content (AvgIpc) is 2.22. The lowest BCUT2D eigenvalue weighted by atomic mass is 9.96. The maximum absolute atomic E-state index is 11.7. The van der Waals surface area contributed by atoms with Crippen LogP contribution in [-0.2, 0) is 0 Å². The molecule has 0 fully saturated rings. The molecular formula is C15H32N4OS. The lowest BCUT2D eigenvalue weighted by Crippen LogP contribution is -2.50. The van der Waals surface area contributed by atoms with E-state index in [9.17, 15) is 4.79 Å². The van der Waals surface area contributed by atoms with Crippen molar-refractivity contribution >= 4 is 23.4 Å². The SMILES string of the molecule is CC(C)NC(=O)NC(C)(C)CCC(C)NC(=S)NC(C)C. The molecule has 2 amide bonds. The van der Waals surface area contributed by atoms with Gasteiger partial charge in [0.15, 0.2) is 5.11 Å². The highest BCUT2D eigenvalue weighted by Gasteiger charge is 2.21. The van der Waals surface area contributed by atoms with E-state index >= 15 is 0 Å². The summed E-state index contributed by atoms with van der Waals surface area (Å²) in [5.74, 6) is 0. The van der Waals surface area contributed by atoms with E-state index < -0.39 is 0 Å². The Morgan fingerprint density at radius 3 is 2.00 bits per heavy atom. The minimum absolute atomic E-state index is 0.118. The molecule has 0 aromatic rings. The van der Waals surface area contributed by atoms with Crippen LogP contribution in [0.1, 0.15) is 61.3 Å². The zero-order chi connectivity index (χ0) is 16.6. The minimum atomic E-state index is -0.248. The van der Waals surface area contributed by atoms with Crippen molar-refractivity contribution in [3.05, 3.63) is 0 Å². The molecule has 0 saturated carbocycles. The zero-order valence-corrected chi connectivity index (χ0v) is 15.3. The van der Waals surface area contributed by atoms with Gasteiger partial charge >= 0.3 is 6.03 Å². The molecule has 0 aromatic carbocycles. The molecule has 4 N–H and O–H groups in total. The lowest BCUT2D eigenvalue weighted by molar-refractivity contribution is 0.224. The third-order valence-corrected chi connectivity index (χ3v) is 3.11. The number of hydrogen-bond acceptors (Lipinski definition) is 2. The fourth-order valence-electron chi connectivity index (χ4n) is 1.85. The quantitative estimate of drug-likeness (QED) is 0.545. The van der Waals surface area contributed by atoms with Crippen molar-refractivity contribution in [3.63, 3.8) is 0 Å². The molecule has 0 aliphatic carbocycles. The topological polar surface area (TPSA) is 65.2 Å². The number of amides is 2. The van der Waals surface area contributed by atoms with E-state index in [0.717, 1.165) is 12.8 Å². The van der Waals surface area contributed by atoms with E-state index in [1.165, 1.54) is 0 Å². The van der Waals surface area contributed by atoms with Gasteiger partial charge in [-0.3, -0.25) is 0 Å². The minimum Gasteiger partial charge on any atom is -0.361 e. The molecule has 0 saturated heterocycles. The van der Waals surface area contributed by atoms with Crippen molar-refractivity contribution in [2.75, 3.05) is 0 Å². The molecule has 0 aliphatic rings. The molecule has 1 atom stereocenters. The average molecular weight is 317 g/mol. The summed E-state index contributed by atoms with van der Waals surface area (Å²) >= 11 is 5.23. The van der Waals surface area contributed by atoms with Gasteiger partial charge in [-0.25, -0.2) is 4.79 Å². The largest absolute Gasteiger partial charge is 0.361 e. The van der Waals surface area contributed by atoms with E-state index in [-0.39, 0.29) is 23.7 Å². The van der Waals surface area contributed by atoms with Crippen LogP contribution in [-0.4, -0.2) is 34.8 Å². The first kappa shape index (κ1) is 20.0. The molecule has 0 spiro atoms. The van der Waals surface area contributed by atoms with Gasteiger partial charge in [0, 0.05) is 23.7 Å². The van der Waals surface area contributed by atoms with Gasteiger partial charge in [-0.05, 0) is 73.5 Å². The van der Waals surface area contributed by atoms with Gasteiger partial charge in [-0.15, -0.1) is 0 Å². The van der Waals surface area contributed by atoms with Gasteiger partial charge in [-0.1, -0.05) is 0 Å². The predicted molar refractivity (Wildman–Crippen MR) is 93.6 cm³/mol. The Morgan fingerprint density at radius 2 is 1.52 bits per heavy atom. The molecular weight excluding hydrogens is 284 g/mol. The summed E-state index contributed by atoms with van der Waals surface area (Å²) < 4.78 is 0. The highest BCUT2D eigenvalue weighted by atomic mass is 32.1. The summed E-state index contributed by atoms with van der Waals surface area (Å²) in [6.45, 7) is 14.2. The Balaban J connectivity index is 4.11. The molecule has 0 aliphatic heterocycles. The van der Waals surface area contributed by atoms with Crippen LogP contribution in [0.2, 0.25) is 0 Å². The van der Waals surface area contributed by atoms with Crippen molar-refractivity contribution in [3.8, 4) is 0 Å². The second-order valence-electron chi connectivity index (χ2n) is 6.85. The van der Waals surface area contributed by atoms with Crippen LogP contribution in [0.5, 0.6) is 0 Å². The van der Waals surface area contributed by atoms with Gasteiger partial charge in [0.25, 0.3) is 0 Å². The zero-order valence-electron chi connectivity index (χ0n) is 14.5. The van der Waals surface area contributed by atoms with Crippen LogP contribution in [0.3, 0.4) is 0 Å². The maximum Gasteiger partial charge on any atom is 0.315 e. The van der Waals surface area contributed by atoms with Crippen LogP contribution in [0, 0.1) is 0 Å². The normalized spacial score (nSPS) is 13.0. The lowest BCUT2D eigenvalue weighted by Gasteiger charge is -2.29. The molecule has 0 heterocycles. The smallest absolute Gasteiger partial charge is 0.315 e. The van der Waals surface area contributed by atoms with Crippen LogP contribution >= 0.6 is 12.2 Å². The molecule has 0 bridgehead atoms.